The number of hydrogen-bond donors (Lipinski definition) is 0. The number of nitrogens with zero attached hydrogens (tertiary/aromatic N) is 2. The molecule has 3 rings (SSSR count). The van der Waals surface area contributed by atoms with E-state index in [1.54, 1.807) is 48.0 Å². The van der Waals surface area contributed by atoms with Gasteiger partial charge in [-0.2, -0.15) is 0 Å². The molecule has 1 saturated heterocycles. The van der Waals surface area contributed by atoms with Crippen LogP contribution in [0.25, 0.3) is 0 Å². The van der Waals surface area contributed by atoms with E-state index in [0.717, 1.165) is 22.2 Å². The number of carbonyl (C=O) groups excluding carboxylic acids is 1. The van der Waals surface area contributed by atoms with Gasteiger partial charge in [-0.25, -0.2) is 4.99 Å². The second-order valence-corrected chi connectivity index (χ2v) is 7.21. The van der Waals surface area contributed by atoms with Crippen LogP contribution >= 0.6 is 11.8 Å². The monoisotopic (exact) mass is 340 g/mol. The molecule has 0 radical (unpaired) electrons. The molecule has 0 saturated carbocycles. The van der Waals surface area contributed by atoms with E-state index in [1.807, 2.05) is 31.2 Å². The lowest BCUT2D eigenvalue weighted by Crippen LogP contribution is -2.32. The van der Waals surface area contributed by atoms with Crippen LogP contribution in [0.5, 0.6) is 5.75 Å². The molecule has 0 aliphatic carbocycles. The summed E-state index contributed by atoms with van der Waals surface area (Å²) in [4.78, 5) is 19.3. The number of thioether (sulfide) groups is 1. The maximum Gasteiger partial charge on any atom is 0.259 e. The van der Waals surface area contributed by atoms with E-state index in [0.29, 0.717) is 17.4 Å². The van der Waals surface area contributed by atoms with E-state index < -0.39 is 0 Å². The summed E-state index contributed by atoms with van der Waals surface area (Å²) in [6, 6.07) is 15.2. The van der Waals surface area contributed by atoms with Crippen LogP contribution in [0.2, 0.25) is 0 Å². The molecule has 0 bridgehead atoms. The maximum absolute atomic E-state index is 12.9. The van der Waals surface area contributed by atoms with E-state index in [2.05, 4.69) is 6.92 Å². The van der Waals surface area contributed by atoms with Crippen molar-refractivity contribution in [1.82, 2.24) is 4.90 Å². The van der Waals surface area contributed by atoms with Gasteiger partial charge in [-0.3, -0.25) is 9.69 Å². The lowest BCUT2D eigenvalue weighted by Gasteiger charge is -2.16. The third kappa shape index (κ3) is 3.62. The van der Waals surface area contributed by atoms with Gasteiger partial charge in [-0.15, -0.1) is 0 Å². The fraction of sp³-hybridized carbons (Fsp3) is 0.263. The fourth-order valence-corrected chi connectivity index (χ4v) is 3.60. The van der Waals surface area contributed by atoms with Gasteiger partial charge in [0, 0.05) is 17.4 Å². The summed E-state index contributed by atoms with van der Waals surface area (Å²) in [5.41, 5.74) is 2.67. The molecule has 0 aromatic heterocycles. The van der Waals surface area contributed by atoms with Gasteiger partial charge in [-0.05, 0) is 48.9 Å². The third-order valence-corrected chi connectivity index (χ3v) is 4.86. The van der Waals surface area contributed by atoms with Crippen LogP contribution in [0.3, 0.4) is 0 Å². The summed E-state index contributed by atoms with van der Waals surface area (Å²) in [5.74, 6) is 0.713. The first kappa shape index (κ1) is 16.6. The Morgan fingerprint density at radius 3 is 2.67 bits per heavy atom. The number of ether oxygens (including phenoxy) is 1. The summed E-state index contributed by atoms with van der Waals surface area (Å²) in [5, 5.41) is 1.09. The highest BCUT2D eigenvalue weighted by atomic mass is 32.2. The number of hydrogen-bond acceptors (Lipinski definition) is 4. The number of aryl methyl sites for hydroxylation is 1. The van der Waals surface area contributed by atoms with Gasteiger partial charge in [0.15, 0.2) is 5.17 Å². The highest BCUT2D eigenvalue weighted by Gasteiger charge is 2.31. The predicted octanol–water partition coefficient (Wildman–Crippen LogP) is 4.27. The minimum Gasteiger partial charge on any atom is -0.497 e. The van der Waals surface area contributed by atoms with Gasteiger partial charge in [0.25, 0.3) is 5.91 Å². The van der Waals surface area contributed by atoms with Crippen molar-refractivity contribution in [2.24, 2.45) is 4.99 Å². The topological polar surface area (TPSA) is 41.9 Å². The van der Waals surface area contributed by atoms with Gasteiger partial charge in [-0.1, -0.05) is 30.8 Å². The molecule has 124 valence electrons. The summed E-state index contributed by atoms with van der Waals surface area (Å²) in [6.45, 7) is 4.81. The quantitative estimate of drug-likeness (QED) is 0.838. The number of benzene rings is 2. The minimum atomic E-state index is -0.0269. The van der Waals surface area contributed by atoms with Gasteiger partial charge in [0.1, 0.15) is 5.75 Å². The lowest BCUT2D eigenvalue weighted by molar-refractivity contribution is 0.0855. The molecule has 1 amide bonds. The molecule has 1 atom stereocenters. The Bertz CT molecular complexity index is 771. The van der Waals surface area contributed by atoms with Crippen molar-refractivity contribution >= 4 is 28.5 Å². The largest absolute Gasteiger partial charge is 0.497 e. The first-order valence-electron chi connectivity index (χ1n) is 7.85. The first-order chi connectivity index (χ1) is 11.6. The van der Waals surface area contributed by atoms with Crippen molar-refractivity contribution in [2.45, 2.75) is 19.1 Å². The number of carbonyl (C=O) groups is 1. The molecular weight excluding hydrogens is 320 g/mol. The van der Waals surface area contributed by atoms with Crippen molar-refractivity contribution in [3.05, 3.63) is 59.7 Å². The molecule has 4 nitrogen and oxygen atoms in total. The average Bonchev–Trinajstić information content (AvgIpc) is 2.94. The van der Waals surface area contributed by atoms with E-state index in [4.69, 9.17) is 9.73 Å². The Hall–Kier alpha value is -2.27. The fourth-order valence-electron chi connectivity index (χ4n) is 2.57. The molecule has 0 spiro atoms. The number of amides is 1. The zero-order chi connectivity index (χ0) is 17.1. The summed E-state index contributed by atoms with van der Waals surface area (Å²) >= 11 is 1.64. The van der Waals surface area contributed by atoms with Gasteiger partial charge in [0.05, 0.1) is 12.8 Å². The molecule has 24 heavy (non-hydrogen) atoms. The maximum atomic E-state index is 12.9. The molecule has 1 aliphatic heterocycles. The minimum absolute atomic E-state index is 0.0269. The molecule has 2 aromatic carbocycles. The molecule has 0 N–H and O–H groups in total. The Morgan fingerprint density at radius 1 is 1.25 bits per heavy atom. The van der Waals surface area contributed by atoms with Crippen LogP contribution < -0.4 is 4.74 Å². The Labute approximate surface area is 146 Å². The van der Waals surface area contributed by atoms with Crippen LogP contribution in [-0.4, -0.2) is 34.9 Å². The molecular formula is C19H20N2O2S. The third-order valence-electron chi connectivity index (χ3n) is 3.79. The predicted molar refractivity (Wildman–Crippen MR) is 99.4 cm³/mol. The van der Waals surface area contributed by atoms with Crippen LogP contribution in [0, 0.1) is 6.92 Å². The molecule has 1 fully saturated rings. The van der Waals surface area contributed by atoms with E-state index in [1.165, 1.54) is 0 Å². The summed E-state index contributed by atoms with van der Waals surface area (Å²) < 4.78 is 5.15. The van der Waals surface area contributed by atoms with Crippen molar-refractivity contribution in [2.75, 3.05) is 13.7 Å². The highest BCUT2D eigenvalue weighted by Crippen LogP contribution is 2.30. The smallest absolute Gasteiger partial charge is 0.259 e. The highest BCUT2D eigenvalue weighted by molar-refractivity contribution is 8.14. The van der Waals surface area contributed by atoms with E-state index >= 15 is 0 Å². The van der Waals surface area contributed by atoms with Crippen LogP contribution in [0.15, 0.2) is 53.5 Å². The molecule has 1 heterocycles. The van der Waals surface area contributed by atoms with Gasteiger partial charge < -0.3 is 4.74 Å². The summed E-state index contributed by atoms with van der Waals surface area (Å²) in [6.07, 6.45) is 0. The molecule has 1 aliphatic rings. The van der Waals surface area contributed by atoms with Gasteiger partial charge >= 0.3 is 0 Å². The number of methoxy groups -OCH3 is 1. The SMILES string of the molecule is COc1ccc(C(=O)N2C[C@@H](C)SC2=Nc2cccc(C)c2)cc1. The number of rotatable bonds is 3. The number of aliphatic imine (C=N–C) groups is 1. The standard InChI is InChI=1S/C19H20N2O2S/c1-13-5-4-6-16(11-13)20-19-21(12-14(2)24-19)18(22)15-7-9-17(23-3)10-8-15/h4-11,14H,12H2,1-3H3/t14-/m1/s1. The summed E-state index contributed by atoms with van der Waals surface area (Å²) in [7, 11) is 1.61. The lowest BCUT2D eigenvalue weighted by atomic mass is 10.2. The second-order valence-electron chi connectivity index (χ2n) is 5.81. The van der Waals surface area contributed by atoms with Crippen LogP contribution in [0.4, 0.5) is 5.69 Å². The molecule has 2 aromatic rings. The Balaban J connectivity index is 1.88. The van der Waals surface area contributed by atoms with E-state index in [9.17, 15) is 4.79 Å². The average molecular weight is 340 g/mol. The van der Waals surface area contributed by atoms with Crippen molar-refractivity contribution in [3.63, 3.8) is 0 Å². The van der Waals surface area contributed by atoms with E-state index in [-0.39, 0.29) is 5.91 Å². The van der Waals surface area contributed by atoms with Crippen molar-refractivity contribution in [1.29, 1.82) is 0 Å². The van der Waals surface area contributed by atoms with Crippen molar-refractivity contribution < 1.29 is 9.53 Å². The molecule has 5 heteroatoms. The van der Waals surface area contributed by atoms with Crippen molar-refractivity contribution in [3.8, 4) is 5.75 Å². The second kappa shape index (κ2) is 7.09. The van der Waals surface area contributed by atoms with Gasteiger partial charge in [0.2, 0.25) is 0 Å². The van der Waals surface area contributed by atoms with Crippen LogP contribution in [0.1, 0.15) is 22.8 Å². The Kier molecular flexibility index (Phi) is 4.90. The normalized spacial score (nSPS) is 18.9. The Morgan fingerprint density at radius 2 is 2.00 bits per heavy atom. The first-order valence-corrected chi connectivity index (χ1v) is 8.72. The number of amidine groups is 1. The zero-order valence-corrected chi connectivity index (χ0v) is 14.8. The molecule has 0 unspecified atom stereocenters. The zero-order valence-electron chi connectivity index (χ0n) is 14.0. The van der Waals surface area contributed by atoms with Crippen LogP contribution in [-0.2, 0) is 0 Å².